The second kappa shape index (κ2) is 13.7. The van der Waals surface area contributed by atoms with E-state index in [1.165, 1.54) is 0 Å². The molecule has 0 bridgehead atoms. The zero-order chi connectivity index (χ0) is 23.2. The topological polar surface area (TPSA) is 71.1 Å². The summed E-state index contributed by atoms with van der Waals surface area (Å²) < 4.78 is 20.8. The second-order valence-corrected chi connectivity index (χ2v) is 7.18. The summed E-state index contributed by atoms with van der Waals surface area (Å²) in [6.45, 7) is 9.89. The minimum atomic E-state index is -0.725. The van der Waals surface area contributed by atoms with Crippen molar-refractivity contribution >= 4 is 12.1 Å². The molecular weight excluding hydrogens is 408 g/mol. The molecule has 2 rings (SSSR count). The van der Waals surface area contributed by atoms with E-state index in [-0.39, 0.29) is 12.6 Å². The van der Waals surface area contributed by atoms with Gasteiger partial charge in [0.2, 0.25) is 0 Å². The Kier molecular flexibility index (Phi) is 10.6. The molecule has 0 heterocycles. The van der Waals surface area contributed by atoms with E-state index < -0.39 is 6.16 Å². The molecule has 6 heteroatoms. The number of ether oxygens (including phenoxy) is 4. The lowest BCUT2D eigenvalue weighted by Gasteiger charge is -2.08. The number of esters is 1. The van der Waals surface area contributed by atoms with E-state index in [0.717, 1.165) is 42.6 Å². The Balaban J connectivity index is 1.64. The van der Waals surface area contributed by atoms with E-state index in [9.17, 15) is 9.59 Å². The van der Waals surface area contributed by atoms with Crippen LogP contribution in [-0.2, 0) is 14.3 Å². The molecule has 0 amide bonds. The number of hydrogen-bond donors (Lipinski definition) is 0. The monoisotopic (exact) mass is 438 g/mol. The van der Waals surface area contributed by atoms with Crippen LogP contribution in [0.1, 0.15) is 32.6 Å². The van der Waals surface area contributed by atoms with Gasteiger partial charge in [0.1, 0.15) is 18.1 Å². The fraction of sp³-hybridized carbons (Fsp3) is 0.308. The third kappa shape index (κ3) is 9.08. The third-order valence-corrected chi connectivity index (χ3v) is 4.45. The molecule has 0 fully saturated rings. The molecule has 0 atom stereocenters. The van der Waals surface area contributed by atoms with Crippen LogP contribution in [0.4, 0.5) is 4.79 Å². The Bertz CT molecular complexity index is 884. The van der Waals surface area contributed by atoms with E-state index in [0.29, 0.717) is 24.5 Å². The maximum absolute atomic E-state index is 11.8. The standard InChI is InChI=1S/C26H30O6/c1-4-17-29-23-13-9-21(10-14-23)22-11-15-24(16-12-22)32-26(28)31-19-8-6-5-7-18-30-25(27)20(2)3/h4,9-16H,1-2,5-8,17-19H2,3H3. The number of unbranched alkanes of at least 4 members (excludes halogenated alkanes) is 3. The summed E-state index contributed by atoms with van der Waals surface area (Å²) >= 11 is 0. The normalized spacial score (nSPS) is 10.2. The van der Waals surface area contributed by atoms with Crippen molar-refractivity contribution in [3.8, 4) is 22.6 Å². The smallest absolute Gasteiger partial charge is 0.490 e. The average Bonchev–Trinajstić information content (AvgIpc) is 2.80. The molecule has 0 radical (unpaired) electrons. The zero-order valence-corrected chi connectivity index (χ0v) is 18.5. The van der Waals surface area contributed by atoms with Crippen molar-refractivity contribution < 1.29 is 28.5 Å². The van der Waals surface area contributed by atoms with E-state index in [1.54, 1.807) is 25.1 Å². The fourth-order valence-corrected chi connectivity index (χ4v) is 2.74. The van der Waals surface area contributed by atoms with Crippen molar-refractivity contribution in [1.82, 2.24) is 0 Å². The molecule has 0 aliphatic heterocycles. The Labute approximate surface area is 189 Å². The van der Waals surface area contributed by atoms with Crippen LogP contribution in [0, 0.1) is 0 Å². The fourth-order valence-electron chi connectivity index (χ4n) is 2.74. The number of carbonyl (C=O) groups excluding carboxylic acids is 2. The Morgan fingerprint density at radius 2 is 1.34 bits per heavy atom. The summed E-state index contributed by atoms with van der Waals surface area (Å²) in [7, 11) is 0. The van der Waals surface area contributed by atoms with Crippen LogP contribution in [0.5, 0.6) is 11.5 Å². The molecule has 0 N–H and O–H groups in total. The van der Waals surface area contributed by atoms with Crippen molar-refractivity contribution in [2.75, 3.05) is 19.8 Å². The zero-order valence-electron chi connectivity index (χ0n) is 18.5. The van der Waals surface area contributed by atoms with E-state index in [1.807, 2.05) is 36.4 Å². The second-order valence-electron chi connectivity index (χ2n) is 7.18. The van der Waals surface area contributed by atoms with Crippen molar-refractivity contribution in [2.45, 2.75) is 32.6 Å². The van der Waals surface area contributed by atoms with Crippen LogP contribution in [0.2, 0.25) is 0 Å². The lowest BCUT2D eigenvalue weighted by molar-refractivity contribution is -0.139. The summed E-state index contributed by atoms with van der Waals surface area (Å²) in [6, 6.07) is 14.9. The predicted octanol–water partition coefficient (Wildman–Crippen LogP) is 6.11. The largest absolute Gasteiger partial charge is 0.513 e. The predicted molar refractivity (Wildman–Crippen MR) is 124 cm³/mol. The molecule has 0 unspecified atom stereocenters. The van der Waals surface area contributed by atoms with Crippen LogP contribution < -0.4 is 9.47 Å². The Hall–Kier alpha value is -3.54. The van der Waals surface area contributed by atoms with E-state index in [4.69, 9.17) is 18.9 Å². The van der Waals surface area contributed by atoms with Gasteiger partial charge in [-0.15, -0.1) is 0 Å². The third-order valence-electron chi connectivity index (χ3n) is 4.45. The van der Waals surface area contributed by atoms with E-state index in [2.05, 4.69) is 13.2 Å². The van der Waals surface area contributed by atoms with Gasteiger partial charge in [0.05, 0.1) is 13.2 Å². The molecule has 6 nitrogen and oxygen atoms in total. The van der Waals surface area contributed by atoms with Gasteiger partial charge in [-0.1, -0.05) is 43.5 Å². The Morgan fingerprint density at radius 1 is 0.812 bits per heavy atom. The molecular formula is C26H30O6. The number of carbonyl (C=O) groups is 2. The van der Waals surface area contributed by atoms with Crippen LogP contribution in [0.25, 0.3) is 11.1 Å². The van der Waals surface area contributed by atoms with Gasteiger partial charge < -0.3 is 18.9 Å². The summed E-state index contributed by atoms with van der Waals surface area (Å²) in [5, 5.41) is 0. The highest BCUT2D eigenvalue weighted by Gasteiger charge is 2.07. The molecule has 0 saturated heterocycles. The molecule has 0 spiro atoms. The first-order valence-corrected chi connectivity index (χ1v) is 10.6. The first kappa shape index (κ1) is 24.7. The molecule has 0 aliphatic carbocycles. The van der Waals surface area contributed by atoms with Crippen molar-refractivity contribution in [3.63, 3.8) is 0 Å². The maximum Gasteiger partial charge on any atom is 0.513 e. The van der Waals surface area contributed by atoms with Gasteiger partial charge in [0, 0.05) is 5.57 Å². The van der Waals surface area contributed by atoms with Crippen molar-refractivity contribution in [3.05, 3.63) is 73.3 Å². The molecule has 2 aromatic rings. The highest BCUT2D eigenvalue weighted by molar-refractivity contribution is 5.86. The minimum absolute atomic E-state index is 0.280. The van der Waals surface area contributed by atoms with Gasteiger partial charge in [-0.2, -0.15) is 0 Å². The molecule has 0 saturated carbocycles. The lowest BCUT2D eigenvalue weighted by Crippen LogP contribution is -2.11. The van der Waals surface area contributed by atoms with Gasteiger partial charge in [-0.05, 0) is 68.0 Å². The van der Waals surface area contributed by atoms with Gasteiger partial charge in [0.15, 0.2) is 0 Å². The SMILES string of the molecule is C=CCOc1ccc(-c2ccc(OC(=O)OCCCCCCOC(=O)C(=C)C)cc2)cc1. The molecule has 0 aliphatic rings. The molecule has 170 valence electrons. The van der Waals surface area contributed by atoms with E-state index >= 15 is 0 Å². The average molecular weight is 439 g/mol. The molecule has 0 aromatic heterocycles. The first-order valence-electron chi connectivity index (χ1n) is 10.6. The van der Waals surface area contributed by atoms with Crippen molar-refractivity contribution in [1.29, 1.82) is 0 Å². The van der Waals surface area contributed by atoms with Gasteiger partial charge >= 0.3 is 12.1 Å². The van der Waals surface area contributed by atoms with Crippen LogP contribution in [-0.4, -0.2) is 31.9 Å². The summed E-state index contributed by atoms with van der Waals surface area (Å²) in [6.07, 6.45) is 4.20. The summed E-state index contributed by atoms with van der Waals surface area (Å²) in [4.78, 5) is 23.1. The van der Waals surface area contributed by atoms with Crippen molar-refractivity contribution in [2.24, 2.45) is 0 Å². The summed E-state index contributed by atoms with van der Waals surface area (Å²) in [5.74, 6) is 0.836. The lowest BCUT2D eigenvalue weighted by atomic mass is 10.1. The molecule has 2 aromatic carbocycles. The van der Waals surface area contributed by atoms with Gasteiger partial charge in [-0.3, -0.25) is 0 Å². The minimum Gasteiger partial charge on any atom is -0.490 e. The molecule has 32 heavy (non-hydrogen) atoms. The van der Waals surface area contributed by atoms with Crippen LogP contribution >= 0.6 is 0 Å². The number of rotatable bonds is 13. The quantitative estimate of drug-likeness (QED) is 0.123. The van der Waals surface area contributed by atoms with Crippen LogP contribution in [0.3, 0.4) is 0 Å². The van der Waals surface area contributed by atoms with Gasteiger partial charge in [0.25, 0.3) is 0 Å². The number of benzene rings is 2. The highest BCUT2D eigenvalue weighted by atomic mass is 16.7. The summed E-state index contributed by atoms with van der Waals surface area (Å²) in [5.41, 5.74) is 2.42. The number of hydrogen-bond acceptors (Lipinski definition) is 6. The Morgan fingerprint density at radius 3 is 1.88 bits per heavy atom. The maximum atomic E-state index is 11.8. The first-order chi connectivity index (χ1) is 15.5. The van der Waals surface area contributed by atoms with Gasteiger partial charge in [-0.25, -0.2) is 9.59 Å². The van der Waals surface area contributed by atoms with Crippen LogP contribution in [0.15, 0.2) is 73.3 Å². The highest BCUT2D eigenvalue weighted by Crippen LogP contribution is 2.25.